The summed E-state index contributed by atoms with van der Waals surface area (Å²) in [6.07, 6.45) is 5.09. The number of carboxylic acid groups (broad SMARTS) is 1. The maximum Gasteiger partial charge on any atom is 0.330 e. The van der Waals surface area contributed by atoms with Crippen LogP contribution in [0.2, 0.25) is 0 Å². The quantitative estimate of drug-likeness (QED) is 0.543. The van der Waals surface area contributed by atoms with Crippen molar-refractivity contribution in [1.29, 1.82) is 0 Å². The smallest absolute Gasteiger partial charge is 0.330 e. The van der Waals surface area contributed by atoms with Gasteiger partial charge in [-0.3, -0.25) is 0 Å². The van der Waals surface area contributed by atoms with E-state index in [2.05, 4.69) is 13.5 Å². The van der Waals surface area contributed by atoms with Crippen molar-refractivity contribution >= 4 is 5.97 Å². The third-order valence-corrected chi connectivity index (χ3v) is 1.35. The van der Waals surface area contributed by atoms with Gasteiger partial charge in [-0.25, -0.2) is 9.18 Å². The fourth-order valence-corrected chi connectivity index (χ4v) is 0.610. The van der Waals surface area contributed by atoms with Gasteiger partial charge < -0.3 is 5.11 Å². The lowest BCUT2D eigenvalue weighted by atomic mass is 10.2. The number of halogens is 1. The van der Waals surface area contributed by atoms with Gasteiger partial charge in [0.2, 0.25) is 0 Å². The van der Waals surface area contributed by atoms with Crippen LogP contribution >= 0.6 is 0 Å². The Kier molecular flexibility index (Phi) is 12.1. The Morgan fingerprint density at radius 1 is 1.62 bits per heavy atom. The van der Waals surface area contributed by atoms with Gasteiger partial charge in [0.05, 0.1) is 6.33 Å². The molecule has 0 saturated carbocycles. The topological polar surface area (TPSA) is 37.3 Å². The number of carbonyl (C=O) groups is 1. The zero-order valence-electron chi connectivity index (χ0n) is 8.22. The van der Waals surface area contributed by atoms with Crippen LogP contribution in [-0.2, 0) is 4.79 Å². The third-order valence-electron chi connectivity index (χ3n) is 1.35. The molecule has 0 saturated heterocycles. The summed E-state index contributed by atoms with van der Waals surface area (Å²) in [5.74, 6) is -0.809. The minimum absolute atomic E-state index is 0.250. The first-order valence-electron chi connectivity index (χ1n) is 4.21. The number of hydrogen-bond donors (Lipinski definition) is 1. The Balaban J connectivity index is 0. The van der Waals surface area contributed by atoms with Gasteiger partial charge in [0, 0.05) is 5.57 Å². The molecule has 0 heterocycles. The van der Waals surface area contributed by atoms with Crippen molar-refractivity contribution in [2.75, 3.05) is 0 Å². The number of unbranched alkanes of at least 4 members (excludes halogenated alkanes) is 2. The summed E-state index contributed by atoms with van der Waals surface area (Å²) in [6, 6.07) is 0. The van der Waals surface area contributed by atoms with Gasteiger partial charge in [0.25, 0.3) is 0 Å². The Morgan fingerprint density at radius 3 is 2.38 bits per heavy atom. The van der Waals surface area contributed by atoms with E-state index in [1.165, 1.54) is 0 Å². The summed E-state index contributed by atoms with van der Waals surface area (Å²) in [6.45, 7) is 6.40. The molecule has 0 amide bonds. The van der Waals surface area contributed by atoms with E-state index < -0.39 is 5.97 Å². The van der Waals surface area contributed by atoms with E-state index in [0.717, 1.165) is 19.3 Å². The molecule has 0 aromatic rings. The molecule has 13 heavy (non-hydrogen) atoms. The Morgan fingerprint density at radius 2 is 2.08 bits per heavy atom. The molecule has 0 aliphatic heterocycles. The molecule has 2 nitrogen and oxygen atoms in total. The molecule has 0 spiro atoms. The lowest BCUT2D eigenvalue weighted by molar-refractivity contribution is -0.132. The molecule has 0 radical (unpaired) electrons. The Hall–Kier alpha value is -1.12. The molecule has 0 aliphatic rings. The number of allylic oxidation sites excluding steroid dienone is 1. The molecule has 0 rings (SSSR count). The summed E-state index contributed by atoms with van der Waals surface area (Å²) >= 11 is 0. The first-order chi connectivity index (χ1) is 6.09. The van der Waals surface area contributed by atoms with Crippen LogP contribution in [0.25, 0.3) is 0 Å². The van der Waals surface area contributed by atoms with Crippen molar-refractivity contribution in [2.45, 2.75) is 33.1 Å². The molecule has 1 N–H and O–H groups in total. The van der Waals surface area contributed by atoms with E-state index >= 15 is 0 Å². The van der Waals surface area contributed by atoms with Crippen molar-refractivity contribution in [3.63, 3.8) is 0 Å². The van der Waals surface area contributed by atoms with Crippen molar-refractivity contribution < 1.29 is 14.3 Å². The molecular formula is C10H17FO2. The fourth-order valence-electron chi connectivity index (χ4n) is 0.610. The number of aliphatic carboxylic acids is 1. The van der Waals surface area contributed by atoms with Crippen LogP contribution in [0.5, 0.6) is 0 Å². The first kappa shape index (κ1) is 14.4. The molecule has 0 unspecified atom stereocenters. The van der Waals surface area contributed by atoms with Crippen molar-refractivity contribution in [1.82, 2.24) is 0 Å². The maximum absolute atomic E-state index is 10.2. The lowest BCUT2D eigenvalue weighted by Crippen LogP contribution is -1.95. The van der Waals surface area contributed by atoms with Crippen molar-refractivity contribution in [3.05, 3.63) is 24.6 Å². The van der Waals surface area contributed by atoms with Crippen LogP contribution in [0.4, 0.5) is 4.39 Å². The third kappa shape index (κ3) is 13.8. The average Bonchev–Trinajstić information content (AvgIpc) is 2.06. The molecule has 0 fully saturated rings. The van der Waals surface area contributed by atoms with Crippen LogP contribution in [0.15, 0.2) is 24.6 Å². The van der Waals surface area contributed by atoms with Crippen molar-refractivity contribution in [2.24, 2.45) is 0 Å². The molecule has 0 aliphatic carbocycles. The summed E-state index contributed by atoms with van der Waals surface area (Å²) in [5.41, 5.74) is 0.452. The van der Waals surface area contributed by atoms with Crippen molar-refractivity contribution in [3.8, 4) is 0 Å². The van der Waals surface area contributed by atoms with Crippen LogP contribution in [0, 0.1) is 0 Å². The summed E-state index contributed by atoms with van der Waals surface area (Å²) < 4.78 is 10.1. The maximum atomic E-state index is 10.2. The first-order valence-corrected chi connectivity index (χ1v) is 4.21. The molecule has 0 aromatic heterocycles. The second-order valence-electron chi connectivity index (χ2n) is 2.49. The van der Waals surface area contributed by atoms with E-state index in [1.54, 1.807) is 13.0 Å². The minimum Gasteiger partial charge on any atom is -0.478 e. The highest BCUT2D eigenvalue weighted by atomic mass is 19.1. The standard InChI is InChI=1S/C8H14O2.C2H3F/c1-3-4-5-6-7(2)8(9)10;1-2-3/h6H,3-5H2,1-2H3,(H,9,10);2H,1H2. The summed E-state index contributed by atoms with van der Waals surface area (Å²) in [7, 11) is 0. The van der Waals surface area contributed by atoms with Gasteiger partial charge in [-0.2, -0.15) is 0 Å². The highest BCUT2D eigenvalue weighted by Crippen LogP contribution is 2.00. The number of carboxylic acids is 1. The minimum atomic E-state index is -0.809. The zero-order chi connectivity index (χ0) is 10.7. The lowest BCUT2D eigenvalue weighted by Gasteiger charge is -1.91. The van der Waals surface area contributed by atoms with Gasteiger partial charge in [-0.15, -0.1) is 0 Å². The monoisotopic (exact) mass is 188 g/mol. The Bertz CT molecular complexity index is 174. The normalized spacial score (nSPS) is 9.92. The fraction of sp³-hybridized carbons (Fsp3) is 0.500. The van der Waals surface area contributed by atoms with Gasteiger partial charge in [-0.05, 0) is 13.3 Å². The van der Waals surface area contributed by atoms with Gasteiger partial charge in [0.1, 0.15) is 0 Å². The van der Waals surface area contributed by atoms with Gasteiger partial charge in [0.15, 0.2) is 0 Å². The Labute approximate surface area is 78.8 Å². The SMILES string of the molecule is C=CF.CCCCC=C(C)C(=O)O. The molecular weight excluding hydrogens is 171 g/mol. The second kappa shape index (κ2) is 10.9. The highest BCUT2D eigenvalue weighted by molar-refractivity contribution is 5.85. The van der Waals surface area contributed by atoms with Crippen LogP contribution in [0.3, 0.4) is 0 Å². The molecule has 3 heteroatoms. The van der Waals surface area contributed by atoms with E-state index in [0.29, 0.717) is 5.57 Å². The van der Waals surface area contributed by atoms with Gasteiger partial charge in [-0.1, -0.05) is 32.4 Å². The van der Waals surface area contributed by atoms with Crippen LogP contribution in [-0.4, -0.2) is 11.1 Å². The molecule has 0 aromatic carbocycles. The molecule has 0 atom stereocenters. The predicted molar refractivity (Wildman–Crippen MR) is 52.2 cm³/mol. The van der Waals surface area contributed by atoms with E-state index in [4.69, 9.17) is 5.11 Å². The zero-order valence-corrected chi connectivity index (χ0v) is 8.22. The van der Waals surface area contributed by atoms with E-state index in [1.807, 2.05) is 0 Å². The van der Waals surface area contributed by atoms with E-state index in [9.17, 15) is 9.18 Å². The second-order valence-corrected chi connectivity index (χ2v) is 2.49. The average molecular weight is 188 g/mol. The predicted octanol–water partition coefficient (Wildman–Crippen LogP) is 3.31. The number of rotatable bonds is 4. The summed E-state index contributed by atoms with van der Waals surface area (Å²) in [5, 5.41) is 8.41. The van der Waals surface area contributed by atoms with Crippen LogP contribution in [0.1, 0.15) is 33.1 Å². The number of hydrogen-bond acceptors (Lipinski definition) is 1. The van der Waals surface area contributed by atoms with Crippen LogP contribution < -0.4 is 0 Å². The highest BCUT2D eigenvalue weighted by Gasteiger charge is 1.96. The molecule has 76 valence electrons. The van der Waals surface area contributed by atoms with Gasteiger partial charge >= 0.3 is 5.97 Å². The molecule has 0 bridgehead atoms. The summed E-state index contributed by atoms with van der Waals surface area (Å²) in [4.78, 5) is 10.2. The largest absolute Gasteiger partial charge is 0.478 e. The van der Waals surface area contributed by atoms with E-state index in [-0.39, 0.29) is 6.33 Å².